The Kier molecular flexibility index (Phi) is 3.24. The number of hydrogen-bond acceptors (Lipinski definition) is 2. The van der Waals surface area contributed by atoms with Gasteiger partial charge in [0.2, 0.25) is 0 Å². The van der Waals surface area contributed by atoms with Gasteiger partial charge in [0.15, 0.2) is 5.11 Å². The van der Waals surface area contributed by atoms with E-state index >= 15 is 0 Å². The summed E-state index contributed by atoms with van der Waals surface area (Å²) in [6, 6.07) is 0. The topological polar surface area (TPSA) is 50.4 Å². The van der Waals surface area contributed by atoms with Gasteiger partial charge in [-0.2, -0.15) is 5.10 Å². The van der Waals surface area contributed by atoms with E-state index in [2.05, 4.69) is 17.5 Å². The molecule has 0 amide bonds. The minimum Gasteiger partial charge on any atom is -0.375 e. The van der Waals surface area contributed by atoms with Crippen molar-refractivity contribution in [3.63, 3.8) is 0 Å². The van der Waals surface area contributed by atoms with Gasteiger partial charge < -0.3 is 5.73 Å². The van der Waals surface area contributed by atoms with Crippen LogP contribution in [0.3, 0.4) is 0 Å². The largest absolute Gasteiger partial charge is 0.375 e. The van der Waals surface area contributed by atoms with Crippen LogP contribution in [0.15, 0.2) is 5.10 Å². The molecular formula is C11H19N3S. The molecule has 3 atom stereocenters. The van der Waals surface area contributed by atoms with Crippen molar-refractivity contribution in [1.82, 2.24) is 5.43 Å². The molecule has 2 aliphatic rings. The van der Waals surface area contributed by atoms with Crippen molar-refractivity contribution in [2.75, 3.05) is 0 Å². The number of nitrogens with two attached hydrogens (primary N) is 1. The third-order valence-electron chi connectivity index (χ3n) is 3.82. The van der Waals surface area contributed by atoms with Gasteiger partial charge in [0.05, 0.1) is 0 Å². The number of rotatable bonds is 1. The molecule has 0 saturated heterocycles. The molecule has 0 heterocycles. The lowest BCUT2D eigenvalue weighted by Gasteiger charge is -2.29. The van der Waals surface area contributed by atoms with Crippen molar-refractivity contribution < 1.29 is 0 Å². The highest BCUT2D eigenvalue weighted by Crippen LogP contribution is 2.44. The maximum atomic E-state index is 5.39. The van der Waals surface area contributed by atoms with Gasteiger partial charge >= 0.3 is 0 Å². The van der Waals surface area contributed by atoms with Gasteiger partial charge in [-0.05, 0) is 56.2 Å². The van der Waals surface area contributed by atoms with Gasteiger partial charge in [0.1, 0.15) is 0 Å². The van der Waals surface area contributed by atoms with Crippen LogP contribution in [0.4, 0.5) is 0 Å². The lowest BCUT2D eigenvalue weighted by atomic mass is 9.77. The van der Waals surface area contributed by atoms with E-state index < -0.39 is 0 Å². The summed E-state index contributed by atoms with van der Waals surface area (Å²) < 4.78 is 0. The van der Waals surface area contributed by atoms with Crippen molar-refractivity contribution in [2.24, 2.45) is 28.6 Å². The van der Waals surface area contributed by atoms with Crippen LogP contribution in [0, 0.1) is 17.8 Å². The normalized spacial score (nSPS) is 37.7. The summed E-state index contributed by atoms with van der Waals surface area (Å²) in [5.41, 5.74) is 9.44. The highest BCUT2D eigenvalue weighted by Gasteiger charge is 2.38. The standard InChI is InChI=1S/C11H19N3S/c1-7-5-6-8-3-2-4-9(10(7)8)13-14-11(12)15/h7-8,10H,2-6H2,1H3,(H3,12,14,15). The van der Waals surface area contributed by atoms with E-state index in [1.807, 2.05) is 0 Å². The van der Waals surface area contributed by atoms with Crippen LogP contribution in [0.1, 0.15) is 39.0 Å². The zero-order valence-electron chi connectivity index (χ0n) is 9.20. The predicted octanol–water partition coefficient (Wildman–Crippen LogP) is 2.02. The third-order valence-corrected chi connectivity index (χ3v) is 3.91. The van der Waals surface area contributed by atoms with Crippen LogP contribution in [0.5, 0.6) is 0 Å². The van der Waals surface area contributed by atoms with Crippen molar-refractivity contribution in [2.45, 2.75) is 39.0 Å². The fourth-order valence-electron chi connectivity index (χ4n) is 3.19. The Bertz CT molecular complexity index is 286. The van der Waals surface area contributed by atoms with Gasteiger partial charge in [-0.1, -0.05) is 6.92 Å². The zero-order valence-corrected chi connectivity index (χ0v) is 10.0. The van der Waals surface area contributed by atoms with E-state index in [9.17, 15) is 0 Å². The molecular weight excluding hydrogens is 206 g/mol. The quantitative estimate of drug-likeness (QED) is 0.530. The molecule has 2 aliphatic carbocycles. The van der Waals surface area contributed by atoms with Crippen LogP contribution < -0.4 is 11.2 Å². The minimum atomic E-state index is 0.273. The van der Waals surface area contributed by atoms with Crippen LogP contribution in [-0.4, -0.2) is 10.8 Å². The maximum absolute atomic E-state index is 5.39. The third kappa shape index (κ3) is 2.30. The lowest BCUT2D eigenvalue weighted by Crippen LogP contribution is -2.32. The summed E-state index contributed by atoms with van der Waals surface area (Å²) in [5, 5.41) is 4.65. The van der Waals surface area contributed by atoms with Crippen molar-refractivity contribution in [3.8, 4) is 0 Å². The van der Waals surface area contributed by atoms with E-state index in [0.29, 0.717) is 5.92 Å². The molecule has 0 aromatic heterocycles. The summed E-state index contributed by atoms with van der Waals surface area (Å²) in [7, 11) is 0. The summed E-state index contributed by atoms with van der Waals surface area (Å²) in [5.74, 6) is 2.32. The minimum absolute atomic E-state index is 0.273. The molecule has 15 heavy (non-hydrogen) atoms. The van der Waals surface area contributed by atoms with E-state index in [-0.39, 0.29) is 5.11 Å². The van der Waals surface area contributed by atoms with E-state index in [1.165, 1.54) is 31.4 Å². The number of nitrogens with zero attached hydrogens (tertiary/aromatic N) is 1. The Balaban J connectivity index is 2.09. The highest BCUT2D eigenvalue weighted by molar-refractivity contribution is 7.80. The molecule has 3 unspecified atom stereocenters. The fourth-order valence-corrected chi connectivity index (χ4v) is 3.24. The first-order valence-corrected chi connectivity index (χ1v) is 6.21. The van der Waals surface area contributed by atoms with Gasteiger partial charge in [0.25, 0.3) is 0 Å². The van der Waals surface area contributed by atoms with Crippen molar-refractivity contribution >= 4 is 23.0 Å². The van der Waals surface area contributed by atoms with E-state index in [0.717, 1.165) is 18.3 Å². The van der Waals surface area contributed by atoms with E-state index in [1.54, 1.807) is 0 Å². The number of hydrogen-bond donors (Lipinski definition) is 2. The van der Waals surface area contributed by atoms with E-state index in [4.69, 9.17) is 18.0 Å². The first-order chi connectivity index (χ1) is 7.18. The first kappa shape index (κ1) is 10.9. The van der Waals surface area contributed by atoms with Crippen LogP contribution in [0.2, 0.25) is 0 Å². The second-order valence-electron chi connectivity index (χ2n) is 4.81. The second kappa shape index (κ2) is 4.47. The Morgan fingerprint density at radius 2 is 2.27 bits per heavy atom. The Morgan fingerprint density at radius 3 is 3.00 bits per heavy atom. The van der Waals surface area contributed by atoms with Crippen molar-refractivity contribution in [3.05, 3.63) is 0 Å². The smallest absolute Gasteiger partial charge is 0.184 e. The Morgan fingerprint density at radius 1 is 1.47 bits per heavy atom. The molecule has 3 nitrogen and oxygen atoms in total. The summed E-state index contributed by atoms with van der Waals surface area (Å²) in [6.07, 6.45) is 6.48. The first-order valence-electron chi connectivity index (χ1n) is 5.80. The molecule has 0 aliphatic heterocycles. The maximum Gasteiger partial charge on any atom is 0.184 e. The van der Waals surface area contributed by atoms with Gasteiger partial charge in [-0.15, -0.1) is 0 Å². The molecule has 2 fully saturated rings. The molecule has 0 aromatic rings. The number of nitrogens with one attached hydrogen (secondary N) is 1. The molecule has 4 heteroatoms. The molecule has 0 bridgehead atoms. The lowest BCUT2D eigenvalue weighted by molar-refractivity contribution is 0.362. The number of fused-ring (bicyclic) bond motifs is 1. The zero-order chi connectivity index (χ0) is 10.8. The molecule has 3 N–H and O–H groups in total. The molecule has 2 rings (SSSR count). The monoisotopic (exact) mass is 225 g/mol. The molecule has 2 saturated carbocycles. The fraction of sp³-hybridized carbons (Fsp3) is 0.818. The molecule has 84 valence electrons. The van der Waals surface area contributed by atoms with Gasteiger partial charge in [0, 0.05) is 11.6 Å². The molecule has 0 aromatic carbocycles. The Hall–Kier alpha value is -0.640. The van der Waals surface area contributed by atoms with Crippen molar-refractivity contribution in [1.29, 1.82) is 0 Å². The van der Waals surface area contributed by atoms with Gasteiger partial charge in [-0.25, -0.2) is 0 Å². The Labute approximate surface area is 96.5 Å². The van der Waals surface area contributed by atoms with Crippen LogP contribution >= 0.6 is 12.2 Å². The number of thiocarbonyl (C=S) groups is 1. The average molecular weight is 225 g/mol. The number of hydrazone groups is 1. The van der Waals surface area contributed by atoms with Gasteiger partial charge in [-0.3, -0.25) is 5.43 Å². The predicted molar refractivity (Wildman–Crippen MR) is 66.6 cm³/mol. The van der Waals surface area contributed by atoms with Crippen LogP contribution in [-0.2, 0) is 0 Å². The SMILES string of the molecule is CC1CCC2CCCC(=NNC(N)=S)C12. The average Bonchev–Trinajstić information content (AvgIpc) is 2.58. The summed E-state index contributed by atoms with van der Waals surface area (Å²) in [6.45, 7) is 2.34. The summed E-state index contributed by atoms with van der Waals surface area (Å²) >= 11 is 4.77. The highest BCUT2D eigenvalue weighted by atomic mass is 32.1. The summed E-state index contributed by atoms with van der Waals surface area (Å²) in [4.78, 5) is 0. The molecule has 0 spiro atoms. The molecule has 0 radical (unpaired) electrons. The van der Waals surface area contributed by atoms with Crippen LogP contribution in [0.25, 0.3) is 0 Å². The second-order valence-corrected chi connectivity index (χ2v) is 5.25.